The van der Waals surface area contributed by atoms with Crippen molar-refractivity contribution in [3.63, 3.8) is 0 Å². The lowest BCUT2D eigenvalue weighted by Gasteiger charge is -2.17. The largest absolute Gasteiger partial charge is 0.367 e. The zero-order chi connectivity index (χ0) is 17.5. The quantitative estimate of drug-likeness (QED) is 0.722. The van der Waals surface area contributed by atoms with E-state index >= 15 is 0 Å². The van der Waals surface area contributed by atoms with E-state index in [1.54, 1.807) is 13.3 Å². The van der Waals surface area contributed by atoms with E-state index in [4.69, 9.17) is 4.74 Å². The lowest BCUT2D eigenvalue weighted by atomic mass is 10.1. The van der Waals surface area contributed by atoms with Crippen LogP contribution in [-0.2, 0) is 22.6 Å². The standard InChI is InChI=1S/C20H21N3O2/c1-25-19(16-8-3-2-4-9-16)20(24)21-14-17-10-5-6-11-18(17)15-23-13-7-12-22-23/h2-13,19H,14-15H2,1H3,(H,21,24). The number of hydrogen-bond acceptors (Lipinski definition) is 3. The number of amides is 1. The van der Waals surface area contributed by atoms with Crippen molar-refractivity contribution >= 4 is 5.91 Å². The second-order valence-electron chi connectivity index (χ2n) is 5.72. The van der Waals surface area contributed by atoms with Gasteiger partial charge in [0.25, 0.3) is 5.91 Å². The maximum atomic E-state index is 12.5. The van der Waals surface area contributed by atoms with Crippen molar-refractivity contribution in [1.29, 1.82) is 0 Å². The summed E-state index contributed by atoms with van der Waals surface area (Å²) in [6.07, 6.45) is 3.07. The van der Waals surface area contributed by atoms with E-state index in [0.717, 1.165) is 16.7 Å². The van der Waals surface area contributed by atoms with Gasteiger partial charge < -0.3 is 10.1 Å². The Labute approximate surface area is 147 Å². The van der Waals surface area contributed by atoms with Gasteiger partial charge in [0.05, 0.1) is 6.54 Å². The first kappa shape index (κ1) is 16.9. The lowest BCUT2D eigenvalue weighted by molar-refractivity contribution is -0.131. The molecule has 3 rings (SSSR count). The van der Waals surface area contributed by atoms with Crippen LogP contribution in [-0.4, -0.2) is 22.8 Å². The van der Waals surface area contributed by atoms with Crippen LogP contribution in [0.4, 0.5) is 0 Å². The molecule has 0 saturated heterocycles. The molecule has 5 nitrogen and oxygen atoms in total. The average Bonchev–Trinajstić information content (AvgIpc) is 3.16. The number of aromatic nitrogens is 2. The Bertz CT molecular complexity index is 801. The molecule has 0 aliphatic carbocycles. The van der Waals surface area contributed by atoms with Crippen molar-refractivity contribution in [2.75, 3.05) is 7.11 Å². The number of benzene rings is 2. The highest BCUT2D eigenvalue weighted by Gasteiger charge is 2.19. The van der Waals surface area contributed by atoms with E-state index in [2.05, 4.69) is 10.4 Å². The summed E-state index contributed by atoms with van der Waals surface area (Å²) < 4.78 is 7.24. The fourth-order valence-electron chi connectivity index (χ4n) is 2.75. The maximum Gasteiger partial charge on any atom is 0.254 e. The minimum atomic E-state index is -0.612. The van der Waals surface area contributed by atoms with Crippen molar-refractivity contribution in [3.05, 3.63) is 89.7 Å². The summed E-state index contributed by atoms with van der Waals surface area (Å²) >= 11 is 0. The lowest BCUT2D eigenvalue weighted by Crippen LogP contribution is -2.30. The van der Waals surface area contributed by atoms with Crippen molar-refractivity contribution in [2.45, 2.75) is 19.2 Å². The molecule has 0 aliphatic rings. The monoisotopic (exact) mass is 335 g/mol. The zero-order valence-corrected chi connectivity index (χ0v) is 14.1. The van der Waals surface area contributed by atoms with Gasteiger partial charge in [0.1, 0.15) is 0 Å². The molecule has 0 radical (unpaired) electrons. The predicted molar refractivity (Wildman–Crippen MR) is 95.8 cm³/mol. The summed E-state index contributed by atoms with van der Waals surface area (Å²) in [5.41, 5.74) is 3.03. The number of hydrogen-bond donors (Lipinski definition) is 1. The van der Waals surface area contributed by atoms with Gasteiger partial charge in [-0.15, -0.1) is 0 Å². The van der Waals surface area contributed by atoms with Gasteiger partial charge in [-0.2, -0.15) is 5.10 Å². The van der Waals surface area contributed by atoms with Crippen LogP contribution in [0.5, 0.6) is 0 Å². The number of nitrogens with one attached hydrogen (secondary N) is 1. The molecule has 0 saturated carbocycles. The molecule has 0 bridgehead atoms. The van der Waals surface area contributed by atoms with E-state index in [1.807, 2.05) is 71.5 Å². The molecule has 1 atom stereocenters. The number of methoxy groups -OCH3 is 1. The molecule has 128 valence electrons. The van der Waals surface area contributed by atoms with Gasteiger partial charge >= 0.3 is 0 Å². The van der Waals surface area contributed by atoms with E-state index in [9.17, 15) is 4.79 Å². The van der Waals surface area contributed by atoms with Crippen LogP contribution in [0, 0.1) is 0 Å². The van der Waals surface area contributed by atoms with Gasteiger partial charge in [0, 0.05) is 26.0 Å². The molecule has 1 N–H and O–H groups in total. The normalized spacial score (nSPS) is 11.9. The van der Waals surface area contributed by atoms with E-state index < -0.39 is 6.10 Å². The van der Waals surface area contributed by atoms with Crippen LogP contribution in [0.3, 0.4) is 0 Å². The first-order valence-corrected chi connectivity index (χ1v) is 8.17. The summed E-state index contributed by atoms with van der Waals surface area (Å²) in [7, 11) is 1.54. The molecule has 1 heterocycles. The van der Waals surface area contributed by atoms with Crippen LogP contribution in [0.15, 0.2) is 73.1 Å². The van der Waals surface area contributed by atoms with Crippen LogP contribution < -0.4 is 5.32 Å². The molecule has 3 aromatic rings. The smallest absolute Gasteiger partial charge is 0.254 e. The molecule has 1 unspecified atom stereocenters. The molecular weight excluding hydrogens is 314 g/mol. The molecule has 0 spiro atoms. The third kappa shape index (κ3) is 4.33. The molecule has 25 heavy (non-hydrogen) atoms. The summed E-state index contributed by atoms with van der Waals surface area (Å²) in [6.45, 7) is 1.12. The van der Waals surface area contributed by atoms with Gasteiger partial charge in [0.2, 0.25) is 0 Å². The fourth-order valence-corrected chi connectivity index (χ4v) is 2.75. The Kier molecular flexibility index (Phi) is 5.59. The fraction of sp³-hybridized carbons (Fsp3) is 0.200. The molecule has 5 heteroatoms. The Hall–Kier alpha value is -2.92. The van der Waals surface area contributed by atoms with Crippen LogP contribution in [0.2, 0.25) is 0 Å². The van der Waals surface area contributed by atoms with Gasteiger partial charge in [-0.25, -0.2) is 0 Å². The Balaban J connectivity index is 1.68. The molecule has 1 aromatic heterocycles. The minimum absolute atomic E-state index is 0.150. The topological polar surface area (TPSA) is 56.1 Å². The van der Waals surface area contributed by atoms with Crippen molar-refractivity contribution in [1.82, 2.24) is 15.1 Å². The number of carbonyl (C=O) groups excluding carboxylic acids is 1. The predicted octanol–water partition coefficient (Wildman–Crippen LogP) is 2.94. The summed E-state index contributed by atoms with van der Waals surface area (Å²) in [5, 5.41) is 7.21. The highest BCUT2D eigenvalue weighted by molar-refractivity contribution is 5.82. The minimum Gasteiger partial charge on any atom is -0.367 e. The number of ether oxygens (including phenoxy) is 1. The number of rotatable bonds is 7. The van der Waals surface area contributed by atoms with Crippen LogP contribution in [0.1, 0.15) is 22.8 Å². The summed E-state index contributed by atoms with van der Waals surface area (Å²) in [6, 6.07) is 19.4. The van der Waals surface area contributed by atoms with Crippen LogP contribution >= 0.6 is 0 Å². The highest BCUT2D eigenvalue weighted by Crippen LogP contribution is 2.17. The van der Waals surface area contributed by atoms with Gasteiger partial charge in [-0.3, -0.25) is 9.48 Å². The van der Waals surface area contributed by atoms with Crippen molar-refractivity contribution < 1.29 is 9.53 Å². The molecule has 0 fully saturated rings. The summed E-state index contributed by atoms with van der Waals surface area (Å²) in [4.78, 5) is 12.5. The number of carbonyl (C=O) groups is 1. The van der Waals surface area contributed by atoms with Gasteiger partial charge in [-0.05, 0) is 22.8 Å². The number of nitrogens with zero attached hydrogens (tertiary/aromatic N) is 2. The first-order valence-electron chi connectivity index (χ1n) is 8.17. The van der Waals surface area contributed by atoms with Crippen molar-refractivity contribution in [3.8, 4) is 0 Å². The third-order valence-corrected chi connectivity index (χ3v) is 4.04. The van der Waals surface area contributed by atoms with Gasteiger partial charge in [0.15, 0.2) is 6.10 Å². The molecule has 0 aliphatic heterocycles. The van der Waals surface area contributed by atoms with E-state index in [1.165, 1.54) is 0 Å². The maximum absolute atomic E-state index is 12.5. The molecule has 2 aromatic carbocycles. The Morgan fingerprint density at radius 1 is 1.08 bits per heavy atom. The third-order valence-electron chi connectivity index (χ3n) is 4.04. The molecule has 1 amide bonds. The summed E-state index contributed by atoms with van der Waals surface area (Å²) in [5.74, 6) is -0.150. The van der Waals surface area contributed by atoms with Crippen molar-refractivity contribution in [2.24, 2.45) is 0 Å². The molecular formula is C20H21N3O2. The second-order valence-corrected chi connectivity index (χ2v) is 5.72. The second kappa shape index (κ2) is 8.26. The van der Waals surface area contributed by atoms with E-state index in [0.29, 0.717) is 13.1 Å². The van der Waals surface area contributed by atoms with Crippen LogP contribution in [0.25, 0.3) is 0 Å². The SMILES string of the molecule is COC(C(=O)NCc1ccccc1Cn1cccn1)c1ccccc1. The zero-order valence-electron chi connectivity index (χ0n) is 14.1. The first-order chi connectivity index (χ1) is 12.3. The average molecular weight is 335 g/mol. The van der Waals surface area contributed by atoms with E-state index in [-0.39, 0.29) is 5.91 Å². The highest BCUT2D eigenvalue weighted by atomic mass is 16.5. The Morgan fingerprint density at radius 3 is 2.48 bits per heavy atom. The van der Waals surface area contributed by atoms with Gasteiger partial charge in [-0.1, -0.05) is 54.6 Å². The Morgan fingerprint density at radius 2 is 1.80 bits per heavy atom.